The molecule has 1 rings (SSSR count). The highest BCUT2D eigenvalue weighted by atomic mass is 35.5. The fourth-order valence-corrected chi connectivity index (χ4v) is 12.4. The molecule has 4 N–H and O–H groups in total. The number of aliphatic hydroxyl groups is 1. The normalized spacial score (nSPS) is 12.5. The lowest BCUT2D eigenvalue weighted by Crippen LogP contribution is -2.35. The van der Waals surface area contributed by atoms with Crippen molar-refractivity contribution in [3.8, 4) is 0 Å². The van der Waals surface area contributed by atoms with Crippen LogP contribution in [0.4, 0.5) is 9.59 Å². The number of unbranched alkanes of at least 4 members (excludes halogenated alkanes) is 36. The fraction of sp³-hybridized carbons (Fsp3) is 0.794. The van der Waals surface area contributed by atoms with E-state index >= 15 is 0 Å². The maximum absolute atomic E-state index is 12.5. The molecule has 1 aliphatic heterocycles. The van der Waals surface area contributed by atoms with Crippen molar-refractivity contribution >= 4 is 59.8 Å². The van der Waals surface area contributed by atoms with E-state index in [1.807, 2.05) is 33.1 Å². The van der Waals surface area contributed by atoms with Gasteiger partial charge in [-0.2, -0.15) is 12.5 Å². The molecule has 114 heavy (non-hydrogen) atoms. The summed E-state index contributed by atoms with van der Waals surface area (Å²) in [6.07, 6.45) is 107. The van der Waals surface area contributed by atoms with Crippen molar-refractivity contribution in [3.05, 3.63) is 97.2 Å². The van der Waals surface area contributed by atoms with Crippen molar-refractivity contribution in [1.29, 1.82) is 1.12 Å². The fourth-order valence-electron chi connectivity index (χ4n) is 12.4. The summed E-state index contributed by atoms with van der Waals surface area (Å²) in [6.45, 7) is 12.7. The zero-order valence-corrected chi connectivity index (χ0v) is 78.3. The van der Waals surface area contributed by atoms with Gasteiger partial charge in [0.15, 0.2) is 0 Å². The zero-order chi connectivity index (χ0) is 85.9. The molecule has 14 nitrogen and oxygen atoms in total. The number of imide groups is 1. The number of hydroxylamine groups is 2. The summed E-state index contributed by atoms with van der Waals surface area (Å²) in [5.74, 6) is -1.03. The van der Waals surface area contributed by atoms with Crippen LogP contribution in [0.25, 0.3) is 0 Å². The first-order valence-corrected chi connectivity index (χ1v) is 48.2. The lowest BCUT2D eigenvalue weighted by atomic mass is 10.00. The number of halogens is 2. The van der Waals surface area contributed by atoms with E-state index in [2.05, 4.69) is 159 Å². The molecule has 0 spiro atoms. The number of thiol groups is 1. The lowest BCUT2D eigenvalue weighted by molar-refractivity contribution is -0.177. The highest BCUT2D eigenvalue weighted by Crippen LogP contribution is 2.19. The second kappa shape index (κ2) is 105. The third-order valence-corrected chi connectivity index (χ3v) is 19.3. The average molecular weight is 1670 g/mol. The van der Waals surface area contributed by atoms with Crippen LogP contribution in [0.1, 0.15) is 394 Å². The number of hydrogen-bond acceptors (Lipinski definition) is 13. The van der Waals surface area contributed by atoms with Crippen molar-refractivity contribution in [2.75, 3.05) is 93.3 Å². The number of carbonyl (C=O) groups is 4. The van der Waals surface area contributed by atoms with Gasteiger partial charge in [0.25, 0.3) is 11.8 Å². The van der Waals surface area contributed by atoms with Crippen molar-refractivity contribution in [3.63, 3.8) is 0 Å². The third kappa shape index (κ3) is 108. The van der Waals surface area contributed by atoms with E-state index in [0.717, 1.165) is 83.5 Å². The Morgan fingerprint density at radius 3 is 0.930 bits per heavy atom. The molecule has 1 aliphatic rings. The van der Waals surface area contributed by atoms with Gasteiger partial charge in [-0.05, 0) is 228 Å². The average Bonchev–Trinajstić information content (AvgIpc) is 1.74. The highest BCUT2D eigenvalue weighted by Gasteiger charge is 2.33. The molecule has 0 aliphatic carbocycles. The molecule has 1 fully saturated rings. The van der Waals surface area contributed by atoms with Crippen molar-refractivity contribution in [2.45, 2.75) is 406 Å². The van der Waals surface area contributed by atoms with Crippen LogP contribution < -0.4 is 11.1 Å². The predicted octanol–water partition coefficient (Wildman–Crippen LogP) is 28.2. The minimum atomic E-state index is -1.02. The first kappa shape index (κ1) is 117. The van der Waals surface area contributed by atoms with Crippen molar-refractivity contribution in [1.82, 2.24) is 25.1 Å². The molecule has 0 bridgehead atoms. The summed E-state index contributed by atoms with van der Waals surface area (Å²) in [6, 6.07) is 0.680. The summed E-state index contributed by atoms with van der Waals surface area (Å²) in [7, 11) is 11.9. The SMILES string of the molecule is CCCCC/C=C\C/C=C\CCCCCCCCC(CCCCCCCC/C=C\C/C=C\CCCCC)NC(=O)OCCCN(C)C.CCCCC/C=C\C/C=C\CCCCCCCCC(N)CCCCCCCC/C=C\C/C=C\CCCCC.CN(C)CCCO.CN(C)CCCOC(=O)ON1C(=O)CCC1=O.ClCCl.[2H]SC. The number of rotatable bonds is 73. The summed E-state index contributed by atoms with van der Waals surface area (Å²) in [5.41, 5.74) is 6.37. The molecule has 0 unspecified atom stereocenters. The van der Waals surface area contributed by atoms with Crippen LogP contribution in [-0.2, 0) is 23.9 Å². The first-order chi connectivity index (χ1) is 56.0. The molecule has 0 aromatic heterocycles. The monoisotopic (exact) mass is 1660 g/mol. The molecule has 17 heteroatoms. The molecule has 3 amide bonds. The summed E-state index contributed by atoms with van der Waals surface area (Å²) < 4.78 is 16.3. The minimum absolute atomic E-state index is 0.0761. The molecule has 0 saturated carbocycles. The van der Waals surface area contributed by atoms with E-state index in [-0.39, 0.29) is 36.9 Å². The molecular weight excluding hydrogens is 1480 g/mol. The first-order valence-electron chi connectivity index (χ1n) is 46.7. The number of amides is 3. The number of alkyl halides is 2. The van der Waals surface area contributed by atoms with Gasteiger partial charge in [-0.25, -0.2) is 9.59 Å². The Labute approximate surface area is 722 Å². The number of aliphatic hydroxyl groups excluding tert-OH is 1. The van der Waals surface area contributed by atoms with Gasteiger partial charge in [0.2, 0.25) is 0 Å². The number of ether oxygens (including phenoxy) is 2. The Morgan fingerprint density at radius 2 is 0.667 bits per heavy atom. The van der Waals surface area contributed by atoms with Gasteiger partial charge in [0.1, 0.15) is 1.12 Å². The molecule has 670 valence electrons. The predicted molar refractivity (Wildman–Crippen MR) is 504 cm³/mol. The molecular formula is C97H184Cl2N6O8S. The standard InChI is InChI=1S/C43H80N2O2.C37H69N.C10H16N2O5.C5H13NO.CH2Cl2.CH4S/c1-5-7-9-11-13-15-17-19-21-23-25-27-29-31-33-35-38-42(44-43(46)47-41-37-40-45(3)4)39-36-34-32-30-28-26-24-22-20-18-16-14-12-10-8-6-2;1-3-5-7-9-11-13-15-17-19-21-23-25-27-29-31-33-35-37(38)36-34-32-30-28-26-24-22-20-18-16-14-12-10-8-6-4-2;1-11(2)6-3-7-16-10(15)17-12-8(13)4-5-9(12)14;1-6(2)4-3-5-7;2-1-3;1-2/h13-16,19-22,42H,5-12,17-18,23-41H2,1-4H3,(H,44,46);11-14,17-20,37H,3-10,15-16,21-36,38H2,1-2H3;3-7H2,1-2H3;7H,3-5H2,1-2H3;1H2;2H,1H3/b15-13-,16-14-,21-19-,22-20-;13-11-,14-12-,19-17-,20-18-;;;;/i/hD. The third-order valence-electron chi connectivity index (χ3n) is 19.3. The molecule has 0 radical (unpaired) electrons. The van der Waals surface area contributed by atoms with Crippen molar-refractivity contribution in [2.24, 2.45) is 5.73 Å². The van der Waals surface area contributed by atoms with Crippen LogP contribution in [0.2, 0.25) is 0 Å². The Kier molecular flexibility index (Phi) is 108. The number of nitrogens with two attached hydrogens (primary N) is 1. The zero-order valence-electron chi connectivity index (χ0n) is 77.0. The largest absolute Gasteiger partial charge is 0.533 e. The number of nitrogens with one attached hydrogen (secondary N) is 1. The highest BCUT2D eigenvalue weighted by molar-refractivity contribution is 7.79. The van der Waals surface area contributed by atoms with Gasteiger partial charge in [0, 0.05) is 44.6 Å². The summed E-state index contributed by atoms with van der Waals surface area (Å²) in [4.78, 5) is 56.4. The number of allylic oxidation sites excluding steroid dienone is 16. The maximum Gasteiger partial charge on any atom is 0.533 e. The van der Waals surface area contributed by atoms with Crippen LogP contribution in [0.15, 0.2) is 97.2 Å². The molecule has 1 saturated heterocycles. The van der Waals surface area contributed by atoms with Crippen LogP contribution >= 0.6 is 35.7 Å². The van der Waals surface area contributed by atoms with E-state index in [1.165, 1.54) is 295 Å². The molecule has 0 atom stereocenters. The van der Waals surface area contributed by atoms with Gasteiger partial charge < -0.3 is 40.3 Å². The Bertz CT molecular complexity index is 2120. The lowest BCUT2D eigenvalue weighted by Gasteiger charge is -2.19. The smallest absolute Gasteiger partial charge is 0.450 e. The van der Waals surface area contributed by atoms with E-state index in [4.69, 9.17) is 44.6 Å². The van der Waals surface area contributed by atoms with Gasteiger partial charge in [-0.3, -0.25) is 14.4 Å². The van der Waals surface area contributed by atoms with Crippen LogP contribution in [0.5, 0.6) is 0 Å². The number of hydrogen-bond donors (Lipinski definition) is 4. The van der Waals surface area contributed by atoms with Gasteiger partial charge in [0.05, 0.1) is 18.6 Å². The van der Waals surface area contributed by atoms with Gasteiger partial charge in [-0.15, -0.1) is 23.2 Å². The number of alkyl carbamates (subject to hydrolysis) is 1. The van der Waals surface area contributed by atoms with Crippen LogP contribution in [0, 0.1) is 0 Å². The van der Waals surface area contributed by atoms with Crippen molar-refractivity contribution < 1.29 is 38.6 Å². The molecule has 1 heterocycles. The second-order valence-electron chi connectivity index (χ2n) is 31.3. The van der Waals surface area contributed by atoms with Gasteiger partial charge in [-0.1, -0.05) is 310 Å². The van der Waals surface area contributed by atoms with Crippen LogP contribution in [-0.4, -0.2) is 155 Å². The molecule has 0 aromatic rings. The van der Waals surface area contributed by atoms with E-state index in [0.29, 0.717) is 30.7 Å². The summed E-state index contributed by atoms with van der Waals surface area (Å²) >= 11 is 10.5. The summed E-state index contributed by atoms with van der Waals surface area (Å²) in [5, 5.41) is 12.2. The number of nitrogens with zero attached hydrogens (tertiary/aromatic N) is 4. The Hall–Kier alpha value is -3.67. The number of carbonyl (C=O) groups excluding carboxylic acids is 4. The van der Waals surface area contributed by atoms with E-state index in [9.17, 15) is 19.2 Å². The second-order valence-corrected chi connectivity index (χ2v) is 32.1. The van der Waals surface area contributed by atoms with Crippen LogP contribution in [0.3, 0.4) is 0 Å². The quantitative estimate of drug-likeness (QED) is 0.0114. The van der Waals surface area contributed by atoms with E-state index < -0.39 is 18.0 Å². The molecule has 0 aromatic carbocycles. The minimum Gasteiger partial charge on any atom is -0.450 e. The Morgan fingerprint density at radius 1 is 0.421 bits per heavy atom. The van der Waals surface area contributed by atoms with Gasteiger partial charge >= 0.3 is 12.2 Å². The maximum atomic E-state index is 12.5. The topological polar surface area (TPSA) is 167 Å². The Balaban J connectivity index is -0.000000521. The van der Waals surface area contributed by atoms with E-state index in [1.54, 1.807) is 6.26 Å².